The molecule has 1 aromatic carbocycles. The van der Waals surface area contributed by atoms with Gasteiger partial charge in [0.05, 0.1) is 6.61 Å². The molecule has 0 amide bonds. The molecule has 0 aliphatic heterocycles. The van der Waals surface area contributed by atoms with Crippen LogP contribution in [0.25, 0.3) is 0 Å². The molecule has 0 bridgehead atoms. The summed E-state index contributed by atoms with van der Waals surface area (Å²) in [4.78, 5) is 10.7. The van der Waals surface area contributed by atoms with E-state index in [-0.39, 0.29) is 0 Å². The summed E-state index contributed by atoms with van der Waals surface area (Å²) in [6, 6.07) is 3.77. The lowest BCUT2D eigenvalue weighted by Gasteiger charge is -2.26. The average Bonchev–Trinajstić information content (AvgIpc) is 2.19. The third-order valence-electron chi connectivity index (χ3n) is 3.31. The first-order chi connectivity index (χ1) is 7.70. The summed E-state index contributed by atoms with van der Waals surface area (Å²) < 4.78 is 5.86. The molecule has 86 valence electrons. The summed E-state index contributed by atoms with van der Waals surface area (Å²) in [5, 5.41) is 0. The molecule has 2 rings (SSSR count). The van der Waals surface area contributed by atoms with Crippen LogP contribution in [0.5, 0.6) is 5.75 Å². The Hall–Kier alpha value is -1.31. The smallest absolute Gasteiger partial charge is 0.150 e. The van der Waals surface area contributed by atoms with E-state index in [0.29, 0.717) is 0 Å². The van der Waals surface area contributed by atoms with Gasteiger partial charge in [-0.25, -0.2) is 0 Å². The van der Waals surface area contributed by atoms with Crippen molar-refractivity contribution >= 4 is 6.29 Å². The molecular weight excluding hydrogens is 200 g/mol. The highest BCUT2D eigenvalue weighted by Gasteiger charge is 2.18. The summed E-state index contributed by atoms with van der Waals surface area (Å²) in [5.41, 5.74) is 2.84. The summed E-state index contributed by atoms with van der Waals surface area (Å²) in [6.45, 7) is 4.81. The van der Waals surface area contributed by atoms with Crippen molar-refractivity contribution in [1.29, 1.82) is 0 Å². The normalized spacial score (nSPS) is 15.6. The van der Waals surface area contributed by atoms with Crippen LogP contribution in [0.1, 0.15) is 40.7 Å². The van der Waals surface area contributed by atoms with Crippen LogP contribution in [-0.4, -0.2) is 12.9 Å². The third kappa shape index (κ3) is 2.26. The number of aldehydes is 1. The van der Waals surface area contributed by atoms with Gasteiger partial charge in [-0.15, -0.1) is 0 Å². The zero-order chi connectivity index (χ0) is 11.5. The molecule has 1 aliphatic carbocycles. The van der Waals surface area contributed by atoms with Gasteiger partial charge < -0.3 is 4.74 Å². The topological polar surface area (TPSA) is 26.3 Å². The first kappa shape index (κ1) is 11.2. The fraction of sp³-hybridized carbons (Fsp3) is 0.500. The molecule has 1 aliphatic rings. The van der Waals surface area contributed by atoms with E-state index in [1.807, 2.05) is 26.0 Å². The number of hydrogen-bond acceptors (Lipinski definition) is 2. The van der Waals surface area contributed by atoms with Gasteiger partial charge in [0.1, 0.15) is 12.0 Å². The second-order valence-corrected chi connectivity index (χ2v) is 4.71. The second kappa shape index (κ2) is 4.69. The maximum atomic E-state index is 10.7. The van der Waals surface area contributed by atoms with E-state index in [1.54, 1.807) is 0 Å². The zero-order valence-corrected chi connectivity index (χ0v) is 9.95. The monoisotopic (exact) mass is 218 g/mol. The molecule has 0 spiro atoms. The highest BCUT2D eigenvalue weighted by Crippen LogP contribution is 2.29. The molecule has 1 aromatic rings. The number of rotatable bonds is 4. The van der Waals surface area contributed by atoms with Gasteiger partial charge in [0.15, 0.2) is 0 Å². The molecule has 0 N–H and O–H groups in total. The number of benzene rings is 1. The van der Waals surface area contributed by atoms with Crippen molar-refractivity contribution in [1.82, 2.24) is 0 Å². The zero-order valence-electron chi connectivity index (χ0n) is 9.95. The van der Waals surface area contributed by atoms with Crippen molar-refractivity contribution in [3.05, 3.63) is 28.8 Å². The molecule has 0 unspecified atom stereocenters. The fourth-order valence-corrected chi connectivity index (χ4v) is 2.14. The molecule has 1 saturated carbocycles. The Bertz CT molecular complexity index is 369. The van der Waals surface area contributed by atoms with E-state index in [0.717, 1.165) is 41.3 Å². The number of ether oxygens (including phenoxy) is 1. The van der Waals surface area contributed by atoms with Gasteiger partial charge in [0.25, 0.3) is 0 Å². The van der Waals surface area contributed by atoms with E-state index >= 15 is 0 Å². The van der Waals surface area contributed by atoms with Gasteiger partial charge in [-0.3, -0.25) is 4.79 Å². The van der Waals surface area contributed by atoms with Crippen LogP contribution in [-0.2, 0) is 0 Å². The molecule has 2 nitrogen and oxygen atoms in total. The quantitative estimate of drug-likeness (QED) is 0.725. The van der Waals surface area contributed by atoms with Crippen LogP contribution in [0.2, 0.25) is 0 Å². The Kier molecular flexibility index (Phi) is 3.28. The molecule has 0 heterocycles. The lowest BCUT2D eigenvalue weighted by atomic mass is 9.86. The Labute approximate surface area is 96.6 Å². The molecule has 0 saturated heterocycles. The van der Waals surface area contributed by atoms with E-state index in [1.165, 1.54) is 19.3 Å². The SMILES string of the molecule is Cc1cc(C=O)cc(C)c1OCC1CCC1. The van der Waals surface area contributed by atoms with Gasteiger partial charge in [0, 0.05) is 5.56 Å². The molecular formula is C14H18O2. The standard InChI is InChI=1S/C14H18O2/c1-10-6-13(8-15)7-11(2)14(10)16-9-12-4-3-5-12/h6-8,12H,3-5,9H2,1-2H3. The summed E-state index contributed by atoms with van der Waals surface area (Å²) in [7, 11) is 0. The number of hydrogen-bond donors (Lipinski definition) is 0. The minimum atomic E-state index is 0.728. The molecule has 0 atom stereocenters. The maximum Gasteiger partial charge on any atom is 0.150 e. The van der Waals surface area contributed by atoms with Crippen LogP contribution in [0.3, 0.4) is 0 Å². The highest BCUT2D eigenvalue weighted by molar-refractivity contribution is 5.76. The van der Waals surface area contributed by atoms with Crippen LogP contribution in [0.4, 0.5) is 0 Å². The first-order valence-electron chi connectivity index (χ1n) is 5.90. The van der Waals surface area contributed by atoms with Crippen LogP contribution in [0, 0.1) is 19.8 Å². The van der Waals surface area contributed by atoms with Crippen molar-refractivity contribution in [2.24, 2.45) is 5.92 Å². The fourth-order valence-electron chi connectivity index (χ4n) is 2.14. The van der Waals surface area contributed by atoms with E-state index in [4.69, 9.17) is 4.74 Å². The summed E-state index contributed by atoms with van der Waals surface area (Å²) in [6.07, 6.45) is 4.82. The lowest BCUT2D eigenvalue weighted by Crippen LogP contribution is -2.19. The van der Waals surface area contributed by atoms with Crippen molar-refractivity contribution in [3.63, 3.8) is 0 Å². The molecule has 0 radical (unpaired) electrons. The van der Waals surface area contributed by atoms with Crippen molar-refractivity contribution in [2.45, 2.75) is 33.1 Å². The average molecular weight is 218 g/mol. The highest BCUT2D eigenvalue weighted by atomic mass is 16.5. The second-order valence-electron chi connectivity index (χ2n) is 4.71. The van der Waals surface area contributed by atoms with Gasteiger partial charge in [-0.05, 0) is 55.9 Å². The lowest BCUT2D eigenvalue weighted by molar-refractivity contribution is 0.112. The van der Waals surface area contributed by atoms with E-state index < -0.39 is 0 Å². The first-order valence-corrected chi connectivity index (χ1v) is 5.90. The predicted molar refractivity (Wildman–Crippen MR) is 64.1 cm³/mol. The van der Waals surface area contributed by atoms with Crippen molar-refractivity contribution in [2.75, 3.05) is 6.61 Å². The minimum Gasteiger partial charge on any atom is -0.493 e. The van der Waals surface area contributed by atoms with Gasteiger partial charge in [-0.2, -0.15) is 0 Å². The predicted octanol–water partition coefficient (Wildman–Crippen LogP) is 3.29. The van der Waals surface area contributed by atoms with Gasteiger partial charge >= 0.3 is 0 Å². The summed E-state index contributed by atoms with van der Waals surface area (Å²) >= 11 is 0. The van der Waals surface area contributed by atoms with Crippen LogP contribution < -0.4 is 4.74 Å². The van der Waals surface area contributed by atoms with Crippen LogP contribution in [0.15, 0.2) is 12.1 Å². The molecule has 1 fully saturated rings. The molecule has 16 heavy (non-hydrogen) atoms. The number of carbonyl (C=O) groups excluding carboxylic acids is 1. The van der Waals surface area contributed by atoms with Crippen molar-refractivity contribution in [3.8, 4) is 5.75 Å². The van der Waals surface area contributed by atoms with Crippen LogP contribution >= 0.6 is 0 Å². The van der Waals surface area contributed by atoms with Crippen molar-refractivity contribution < 1.29 is 9.53 Å². The Morgan fingerprint density at radius 3 is 2.38 bits per heavy atom. The third-order valence-corrected chi connectivity index (χ3v) is 3.31. The largest absolute Gasteiger partial charge is 0.493 e. The Morgan fingerprint density at radius 2 is 1.94 bits per heavy atom. The maximum absolute atomic E-state index is 10.7. The van der Waals surface area contributed by atoms with Gasteiger partial charge in [0.2, 0.25) is 0 Å². The summed E-state index contributed by atoms with van der Waals surface area (Å²) in [5.74, 6) is 1.70. The number of aryl methyl sites for hydroxylation is 2. The molecule has 2 heteroatoms. The van der Waals surface area contributed by atoms with E-state index in [2.05, 4.69) is 0 Å². The Morgan fingerprint density at radius 1 is 1.31 bits per heavy atom. The number of carbonyl (C=O) groups is 1. The van der Waals surface area contributed by atoms with Gasteiger partial charge in [-0.1, -0.05) is 6.42 Å². The Balaban J connectivity index is 2.09. The molecule has 0 aromatic heterocycles. The minimum absolute atomic E-state index is 0.728. The van der Waals surface area contributed by atoms with E-state index in [9.17, 15) is 4.79 Å².